The highest BCUT2D eigenvalue weighted by molar-refractivity contribution is 5.77. The fourth-order valence-corrected chi connectivity index (χ4v) is 4.60. The topological polar surface area (TPSA) is 49.8 Å². The highest BCUT2D eigenvalue weighted by Gasteiger charge is 2.52. The lowest BCUT2D eigenvalue weighted by atomic mass is 9.58. The SMILES string of the molecule is CCC(C)(C)CC(C)(C(=O)OC1CC(C)(C)N(O)C(C)(C)C1)C(C)(C)CC. The molecule has 4 nitrogen and oxygen atoms in total. The van der Waals surface area contributed by atoms with Crippen molar-refractivity contribution >= 4 is 5.97 Å². The largest absolute Gasteiger partial charge is 0.462 e. The third kappa shape index (κ3) is 5.06. The van der Waals surface area contributed by atoms with Crippen molar-refractivity contribution in [1.82, 2.24) is 5.06 Å². The molecule has 0 aromatic heterocycles. The average Bonchev–Trinajstić information content (AvgIpc) is 2.51. The van der Waals surface area contributed by atoms with E-state index in [4.69, 9.17) is 4.74 Å². The first kappa shape index (κ1) is 24.4. The maximum Gasteiger partial charge on any atom is 0.312 e. The van der Waals surface area contributed by atoms with Crippen LogP contribution in [0.15, 0.2) is 0 Å². The number of hydroxylamine groups is 2. The van der Waals surface area contributed by atoms with Crippen molar-refractivity contribution in [3.63, 3.8) is 0 Å². The van der Waals surface area contributed by atoms with Gasteiger partial charge < -0.3 is 9.94 Å². The molecule has 1 heterocycles. The summed E-state index contributed by atoms with van der Waals surface area (Å²) in [7, 11) is 0. The van der Waals surface area contributed by atoms with Gasteiger partial charge in [0.05, 0.1) is 5.41 Å². The summed E-state index contributed by atoms with van der Waals surface area (Å²) in [5, 5.41) is 12.0. The van der Waals surface area contributed by atoms with E-state index >= 15 is 0 Å². The van der Waals surface area contributed by atoms with Gasteiger partial charge >= 0.3 is 5.97 Å². The molecule has 4 heteroatoms. The standard InChI is InChI=1S/C23H45NO3/c1-12-19(3,4)16-23(11,20(5,6)13-2)18(25)27-17-14-21(7,8)24(26)22(9,10)15-17/h17,26H,12-16H2,1-11H3. The second kappa shape index (κ2) is 7.67. The molecule has 0 aliphatic carbocycles. The quantitative estimate of drug-likeness (QED) is 0.531. The summed E-state index contributed by atoms with van der Waals surface area (Å²) in [5.74, 6) is -0.0844. The lowest BCUT2D eigenvalue weighted by molar-refractivity contribution is -0.261. The first-order chi connectivity index (χ1) is 11.9. The number of carbonyl (C=O) groups excluding carboxylic acids is 1. The Kier molecular flexibility index (Phi) is 6.93. The Bertz CT molecular complexity index is 518. The molecule has 1 atom stereocenters. The van der Waals surface area contributed by atoms with Crippen molar-refractivity contribution in [3.8, 4) is 0 Å². The molecule has 1 rings (SSSR count). The van der Waals surface area contributed by atoms with E-state index in [1.54, 1.807) is 0 Å². The zero-order valence-electron chi connectivity index (χ0n) is 19.8. The molecule has 1 saturated heterocycles. The highest BCUT2D eigenvalue weighted by atomic mass is 16.5. The summed E-state index contributed by atoms with van der Waals surface area (Å²) < 4.78 is 6.18. The van der Waals surface area contributed by atoms with Crippen LogP contribution in [-0.4, -0.2) is 33.4 Å². The monoisotopic (exact) mass is 383 g/mol. The first-order valence-corrected chi connectivity index (χ1v) is 10.6. The van der Waals surface area contributed by atoms with Crippen LogP contribution in [0.2, 0.25) is 0 Å². The van der Waals surface area contributed by atoms with E-state index in [0.717, 1.165) is 19.3 Å². The minimum Gasteiger partial charge on any atom is -0.462 e. The Hall–Kier alpha value is -0.610. The van der Waals surface area contributed by atoms with Crippen LogP contribution in [0.1, 0.15) is 108 Å². The lowest BCUT2D eigenvalue weighted by Crippen LogP contribution is -2.61. The van der Waals surface area contributed by atoms with E-state index in [-0.39, 0.29) is 22.9 Å². The zero-order chi connectivity index (χ0) is 21.5. The third-order valence-corrected chi connectivity index (χ3v) is 7.49. The van der Waals surface area contributed by atoms with Gasteiger partial charge in [0.15, 0.2) is 0 Å². The van der Waals surface area contributed by atoms with E-state index in [1.807, 2.05) is 27.7 Å². The lowest BCUT2D eigenvalue weighted by Gasteiger charge is -2.52. The van der Waals surface area contributed by atoms with Crippen molar-refractivity contribution in [3.05, 3.63) is 0 Å². The van der Waals surface area contributed by atoms with Crippen LogP contribution in [0.5, 0.6) is 0 Å². The summed E-state index contributed by atoms with van der Waals surface area (Å²) in [4.78, 5) is 13.5. The summed E-state index contributed by atoms with van der Waals surface area (Å²) >= 11 is 0. The van der Waals surface area contributed by atoms with E-state index < -0.39 is 16.5 Å². The predicted octanol–water partition coefficient (Wildman–Crippen LogP) is 6.21. The summed E-state index contributed by atoms with van der Waals surface area (Å²) in [6.45, 7) is 23.3. The van der Waals surface area contributed by atoms with Crippen LogP contribution in [0.25, 0.3) is 0 Å². The van der Waals surface area contributed by atoms with Gasteiger partial charge in [0.2, 0.25) is 0 Å². The van der Waals surface area contributed by atoms with Crippen LogP contribution in [0.3, 0.4) is 0 Å². The van der Waals surface area contributed by atoms with Gasteiger partial charge in [-0.15, -0.1) is 0 Å². The van der Waals surface area contributed by atoms with Crippen molar-refractivity contribution in [1.29, 1.82) is 0 Å². The second-order valence-corrected chi connectivity index (χ2v) is 11.6. The molecule has 0 saturated carbocycles. The Morgan fingerprint density at radius 3 is 1.81 bits per heavy atom. The number of ether oxygens (including phenoxy) is 1. The summed E-state index contributed by atoms with van der Waals surface area (Å²) in [6.07, 6.45) is 3.85. The molecular weight excluding hydrogens is 338 g/mol. The van der Waals surface area contributed by atoms with Crippen LogP contribution < -0.4 is 0 Å². The normalized spacial score (nSPS) is 23.7. The van der Waals surface area contributed by atoms with Gasteiger partial charge in [-0.2, -0.15) is 5.06 Å². The zero-order valence-corrected chi connectivity index (χ0v) is 19.8. The molecule has 1 unspecified atom stereocenters. The molecule has 0 radical (unpaired) electrons. The maximum absolute atomic E-state index is 13.5. The van der Waals surface area contributed by atoms with Gasteiger partial charge in [0.1, 0.15) is 6.10 Å². The first-order valence-electron chi connectivity index (χ1n) is 10.6. The minimum absolute atomic E-state index is 0.0766. The van der Waals surface area contributed by atoms with Crippen molar-refractivity contribution in [2.75, 3.05) is 0 Å². The molecule has 0 amide bonds. The van der Waals surface area contributed by atoms with Crippen LogP contribution in [0, 0.1) is 16.2 Å². The molecule has 1 N–H and O–H groups in total. The molecule has 1 aliphatic heterocycles. The number of esters is 1. The van der Waals surface area contributed by atoms with Crippen LogP contribution in [0.4, 0.5) is 0 Å². The Morgan fingerprint density at radius 1 is 1.00 bits per heavy atom. The molecule has 0 aromatic carbocycles. The minimum atomic E-state index is -0.550. The molecule has 0 spiro atoms. The molecule has 27 heavy (non-hydrogen) atoms. The second-order valence-electron chi connectivity index (χ2n) is 11.6. The number of nitrogens with zero attached hydrogens (tertiary/aromatic N) is 1. The van der Waals surface area contributed by atoms with E-state index in [2.05, 4.69) is 48.5 Å². The predicted molar refractivity (Wildman–Crippen MR) is 112 cm³/mol. The maximum atomic E-state index is 13.5. The smallest absolute Gasteiger partial charge is 0.312 e. The van der Waals surface area contributed by atoms with Crippen molar-refractivity contribution in [2.45, 2.75) is 125 Å². The molecule has 1 fully saturated rings. The van der Waals surface area contributed by atoms with Gasteiger partial charge in [0.25, 0.3) is 0 Å². The fraction of sp³-hybridized carbons (Fsp3) is 0.957. The van der Waals surface area contributed by atoms with Crippen LogP contribution in [-0.2, 0) is 9.53 Å². The fourth-order valence-electron chi connectivity index (χ4n) is 4.60. The number of hydrogen-bond acceptors (Lipinski definition) is 4. The van der Waals surface area contributed by atoms with E-state index in [9.17, 15) is 10.0 Å². The van der Waals surface area contributed by atoms with E-state index in [0.29, 0.717) is 12.8 Å². The van der Waals surface area contributed by atoms with Gasteiger partial charge in [-0.25, -0.2) is 0 Å². The molecule has 1 aliphatic rings. The highest BCUT2D eigenvalue weighted by Crippen LogP contribution is 2.51. The van der Waals surface area contributed by atoms with Gasteiger partial charge in [0, 0.05) is 23.9 Å². The van der Waals surface area contributed by atoms with Gasteiger partial charge in [-0.1, -0.05) is 48.0 Å². The van der Waals surface area contributed by atoms with Gasteiger partial charge in [-0.3, -0.25) is 4.79 Å². The Labute approximate surface area is 168 Å². The van der Waals surface area contributed by atoms with Gasteiger partial charge in [-0.05, 0) is 58.3 Å². The number of carbonyl (C=O) groups is 1. The number of piperidine rings is 1. The number of hydrogen-bond donors (Lipinski definition) is 1. The third-order valence-electron chi connectivity index (χ3n) is 7.49. The van der Waals surface area contributed by atoms with E-state index in [1.165, 1.54) is 5.06 Å². The molecule has 160 valence electrons. The summed E-state index contributed by atoms with van der Waals surface area (Å²) in [6, 6.07) is 0. The molecule has 0 bridgehead atoms. The molecular formula is C23H45NO3. The van der Waals surface area contributed by atoms with Crippen molar-refractivity contribution in [2.24, 2.45) is 16.2 Å². The molecule has 0 aromatic rings. The Morgan fingerprint density at radius 2 is 1.44 bits per heavy atom. The van der Waals surface area contributed by atoms with Crippen molar-refractivity contribution < 1.29 is 14.7 Å². The average molecular weight is 384 g/mol. The number of rotatable bonds is 7. The Balaban J connectivity index is 3.14. The van der Waals surface area contributed by atoms with Crippen LogP contribution >= 0.6 is 0 Å². The summed E-state index contributed by atoms with van der Waals surface area (Å²) in [5.41, 5.74) is -1.48.